The molecule has 3 aromatic rings. The summed E-state index contributed by atoms with van der Waals surface area (Å²) in [6.07, 6.45) is 2.30. The summed E-state index contributed by atoms with van der Waals surface area (Å²) in [5.74, 6) is -1.21. The fraction of sp³-hybridized carbons (Fsp3) is 0.250. The Hall–Kier alpha value is -3.43. The smallest absolute Gasteiger partial charge is 0.238 e. The number of hydrogen-bond acceptors (Lipinski definition) is 2. The van der Waals surface area contributed by atoms with Crippen LogP contribution in [0.5, 0.6) is 0 Å². The number of hydrogen-bond donors (Lipinski definition) is 0. The van der Waals surface area contributed by atoms with Crippen molar-refractivity contribution in [3.05, 3.63) is 118 Å². The third-order valence-corrected chi connectivity index (χ3v) is 8.15. The molecule has 0 aromatic heterocycles. The Balaban J connectivity index is 1.56. The SMILES string of the molecule is CC(C)(C)C1=C[C@H]2C(=C(c3ccccc3)c3ccccc3)[C@H]1[C@@H]1C(=O)N(c3ccc(Cl)cc3)C(=O)[C@H]12. The average molecular weight is 494 g/mol. The molecule has 3 nitrogen and oxygen atoms in total. The van der Waals surface area contributed by atoms with E-state index in [1.165, 1.54) is 16.0 Å². The summed E-state index contributed by atoms with van der Waals surface area (Å²) in [7, 11) is 0. The van der Waals surface area contributed by atoms with Gasteiger partial charge in [-0.15, -0.1) is 0 Å². The van der Waals surface area contributed by atoms with Crippen LogP contribution in [-0.4, -0.2) is 11.8 Å². The molecule has 180 valence electrons. The normalized spacial score (nSPS) is 24.8. The van der Waals surface area contributed by atoms with Crippen molar-refractivity contribution in [3.63, 3.8) is 0 Å². The quantitative estimate of drug-likeness (QED) is 0.286. The van der Waals surface area contributed by atoms with Gasteiger partial charge in [-0.3, -0.25) is 9.59 Å². The summed E-state index contributed by atoms with van der Waals surface area (Å²) in [5.41, 5.74) is 6.33. The van der Waals surface area contributed by atoms with Gasteiger partial charge in [0.1, 0.15) is 0 Å². The molecule has 0 unspecified atom stereocenters. The number of benzene rings is 3. The fourth-order valence-electron chi connectivity index (χ4n) is 6.48. The maximum Gasteiger partial charge on any atom is 0.238 e. The van der Waals surface area contributed by atoms with Crippen LogP contribution in [0.2, 0.25) is 5.02 Å². The number of amides is 2. The van der Waals surface area contributed by atoms with Crippen LogP contribution in [-0.2, 0) is 9.59 Å². The van der Waals surface area contributed by atoms with Gasteiger partial charge in [0.15, 0.2) is 0 Å². The molecule has 4 heteroatoms. The van der Waals surface area contributed by atoms with Crippen LogP contribution in [0, 0.1) is 29.1 Å². The molecule has 0 N–H and O–H groups in total. The number of imide groups is 1. The lowest BCUT2D eigenvalue weighted by Gasteiger charge is -2.31. The van der Waals surface area contributed by atoms with E-state index in [-0.39, 0.29) is 35.0 Å². The molecule has 3 aliphatic rings. The van der Waals surface area contributed by atoms with Crippen molar-refractivity contribution in [2.45, 2.75) is 20.8 Å². The number of anilines is 1. The van der Waals surface area contributed by atoms with Gasteiger partial charge in [0, 0.05) is 16.9 Å². The van der Waals surface area contributed by atoms with Crippen LogP contribution in [0.25, 0.3) is 5.57 Å². The van der Waals surface area contributed by atoms with E-state index in [0.717, 1.165) is 16.7 Å². The second kappa shape index (κ2) is 8.31. The van der Waals surface area contributed by atoms with Crippen molar-refractivity contribution < 1.29 is 9.59 Å². The lowest BCUT2D eigenvalue weighted by molar-refractivity contribution is -0.122. The number of carbonyl (C=O) groups excluding carboxylic acids is 2. The molecular formula is C32H28ClNO2. The molecule has 4 atom stereocenters. The molecule has 1 saturated heterocycles. The number of fused-ring (bicyclic) bond motifs is 5. The highest BCUT2D eigenvalue weighted by atomic mass is 35.5. The lowest BCUT2D eigenvalue weighted by Crippen LogP contribution is -2.34. The van der Waals surface area contributed by atoms with Gasteiger partial charge in [-0.05, 0) is 52.0 Å². The van der Waals surface area contributed by atoms with E-state index in [9.17, 15) is 9.59 Å². The Bertz CT molecular complexity index is 1370. The molecule has 6 rings (SSSR count). The summed E-state index contributed by atoms with van der Waals surface area (Å²) in [6, 6.07) is 27.7. The van der Waals surface area contributed by atoms with Crippen molar-refractivity contribution in [2.24, 2.45) is 29.1 Å². The molecule has 1 saturated carbocycles. The summed E-state index contributed by atoms with van der Waals surface area (Å²) in [5, 5.41) is 0.579. The van der Waals surface area contributed by atoms with Crippen molar-refractivity contribution in [1.29, 1.82) is 0 Å². The fourth-order valence-corrected chi connectivity index (χ4v) is 6.61. The largest absolute Gasteiger partial charge is 0.274 e. The molecular weight excluding hydrogens is 466 g/mol. The minimum atomic E-state index is -0.394. The Kier molecular flexibility index (Phi) is 5.31. The zero-order valence-corrected chi connectivity index (χ0v) is 21.4. The summed E-state index contributed by atoms with van der Waals surface area (Å²) < 4.78 is 0. The Morgan fingerprint density at radius 1 is 0.750 bits per heavy atom. The molecule has 36 heavy (non-hydrogen) atoms. The summed E-state index contributed by atoms with van der Waals surface area (Å²) in [6.45, 7) is 6.61. The van der Waals surface area contributed by atoms with Crippen LogP contribution >= 0.6 is 11.6 Å². The van der Waals surface area contributed by atoms with Gasteiger partial charge in [-0.1, -0.05) is 105 Å². The second-order valence-corrected chi connectivity index (χ2v) is 11.4. The lowest BCUT2D eigenvalue weighted by atomic mass is 9.71. The van der Waals surface area contributed by atoms with E-state index in [2.05, 4.69) is 51.1 Å². The highest BCUT2D eigenvalue weighted by Crippen LogP contribution is 2.64. The third kappa shape index (κ3) is 3.41. The monoisotopic (exact) mass is 493 g/mol. The van der Waals surface area contributed by atoms with Gasteiger partial charge in [0.25, 0.3) is 0 Å². The zero-order valence-electron chi connectivity index (χ0n) is 20.6. The van der Waals surface area contributed by atoms with Crippen LogP contribution in [0.15, 0.2) is 102 Å². The molecule has 3 aromatic carbocycles. The van der Waals surface area contributed by atoms with Gasteiger partial charge in [-0.25, -0.2) is 4.90 Å². The number of nitrogens with zero attached hydrogens (tertiary/aromatic N) is 1. The van der Waals surface area contributed by atoms with Gasteiger partial charge in [0.05, 0.1) is 17.5 Å². The minimum absolute atomic E-state index is 0.104. The van der Waals surface area contributed by atoms with Gasteiger partial charge >= 0.3 is 0 Å². The standard InChI is InChI=1S/C32H28ClNO2/c1-32(2,3)24-18-23-26(25(19-10-6-4-7-11-19)20-12-8-5-9-13-20)28(24)29-27(23)30(35)34(31(29)36)22-16-14-21(33)15-17-22/h4-18,23,27-29H,1-3H3/t23-,27-,28-,29+/m0/s1. The first-order valence-corrected chi connectivity index (χ1v) is 12.9. The topological polar surface area (TPSA) is 37.4 Å². The van der Waals surface area contributed by atoms with Crippen LogP contribution < -0.4 is 4.90 Å². The molecule has 0 spiro atoms. The van der Waals surface area contributed by atoms with E-state index in [1.54, 1.807) is 24.3 Å². The maximum absolute atomic E-state index is 14.0. The Labute approximate surface area is 217 Å². The van der Waals surface area contributed by atoms with Crippen LogP contribution in [0.1, 0.15) is 31.9 Å². The molecule has 2 aliphatic carbocycles. The Morgan fingerprint density at radius 3 is 1.81 bits per heavy atom. The van der Waals surface area contributed by atoms with E-state index in [4.69, 9.17) is 11.6 Å². The van der Waals surface area contributed by atoms with E-state index < -0.39 is 5.92 Å². The molecule has 2 amide bonds. The first-order chi connectivity index (χ1) is 17.3. The average Bonchev–Trinajstić information content (AvgIpc) is 3.48. The van der Waals surface area contributed by atoms with E-state index in [0.29, 0.717) is 10.7 Å². The molecule has 1 heterocycles. The second-order valence-electron chi connectivity index (χ2n) is 11.0. The van der Waals surface area contributed by atoms with Crippen molar-refractivity contribution in [2.75, 3.05) is 4.90 Å². The molecule has 0 radical (unpaired) electrons. The predicted molar refractivity (Wildman–Crippen MR) is 144 cm³/mol. The zero-order chi connectivity index (χ0) is 25.2. The van der Waals surface area contributed by atoms with E-state index in [1.807, 2.05) is 36.4 Å². The van der Waals surface area contributed by atoms with Crippen LogP contribution in [0.4, 0.5) is 5.69 Å². The summed E-state index contributed by atoms with van der Waals surface area (Å²) in [4.78, 5) is 29.3. The van der Waals surface area contributed by atoms with Gasteiger partial charge in [-0.2, -0.15) is 0 Å². The minimum Gasteiger partial charge on any atom is -0.274 e. The highest BCUT2D eigenvalue weighted by molar-refractivity contribution is 6.31. The number of carbonyl (C=O) groups is 2. The number of rotatable bonds is 3. The molecule has 2 fully saturated rings. The number of halogens is 1. The maximum atomic E-state index is 14.0. The predicted octanol–water partition coefficient (Wildman–Crippen LogP) is 7.18. The first kappa shape index (κ1) is 23.0. The first-order valence-electron chi connectivity index (χ1n) is 12.5. The molecule has 2 bridgehead atoms. The van der Waals surface area contributed by atoms with Gasteiger partial charge in [0.2, 0.25) is 11.8 Å². The van der Waals surface area contributed by atoms with Gasteiger partial charge < -0.3 is 0 Å². The Morgan fingerprint density at radius 2 is 1.28 bits per heavy atom. The summed E-state index contributed by atoms with van der Waals surface area (Å²) >= 11 is 6.08. The van der Waals surface area contributed by atoms with Crippen molar-refractivity contribution in [3.8, 4) is 0 Å². The number of allylic oxidation sites excluding steroid dienone is 3. The van der Waals surface area contributed by atoms with Crippen molar-refractivity contribution >= 4 is 34.7 Å². The van der Waals surface area contributed by atoms with Crippen molar-refractivity contribution in [1.82, 2.24) is 0 Å². The highest BCUT2D eigenvalue weighted by Gasteiger charge is 2.65. The third-order valence-electron chi connectivity index (χ3n) is 7.90. The molecule has 1 aliphatic heterocycles. The van der Waals surface area contributed by atoms with E-state index >= 15 is 0 Å². The van der Waals surface area contributed by atoms with Crippen LogP contribution in [0.3, 0.4) is 0 Å².